The van der Waals surface area contributed by atoms with Crippen molar-refractivity contribution in [2.75, 3.05) is 25.5 Å². The first-order valence-corrected chi connectivity index (χ1v) is 11.1. The quantitative estimate of drug-likeness (QED) is 0.494. The third kappa shape index (κ3) is 4.30. The Morgan fingerprint density at radius 3 is 2.39 bits per heavy atom. The molecule has 1 aliphatic heterocycles. The van der Waals surface area contributed by atoms with Crippen LogP contribution in [0.1, 0.15) is 23.2 Å². The van der Waals surface area contributed by atoms with Gasteiger partial charge in [-0.25, -0.2) is 9.97 Å². The number of amides is 1. The zero-order valence-corrected chi connectivity index (χ0v) is 18.4. The van der Waals surface area contributed by atoms with Gasteiger partial charge in [0, 0.05) is 49.7 Å². The van der Waals surface area contributed by atoms with Crippen molar-refractivity contribution >= 4 is 11.7 Å². The smallest absolute Gasteiger partial charge is 0.253 e. The molecule has 0 unspecified atom stereocenters. The molecular formula is C26H24N6O. The van der Waals surface area contributed by atoms with Crippen molar-refractivity contribution in [2.45, 2.75) is 12.8 Å². The van der Waals surface area contributed by atoms with Crippen molar-refractivity contribution in [3.8, 4) is 34.0 Å². The maximum Gasteiger partial charge on any atom is 0.253 e. The van der Waals surface area contributed by atoms with Gasteiger partial charge in [0.25, 0.3) is 5.91 Å². The highest BCUT2D eigenvalue weighted by molar-refractivity contribution is 5.95. The molecule has 1 N–H and O–H groups in total. The molecule has 1 saturated heterocycles. The van der Waals surface area contributed by atoms with E-state index in [1.807, 2.05) is 72.6 Å². The average Bonchev–Trinajstić information content (AvgIpc) is 3.44. The summed E-state index contributed by atoms with van der Waals surface area (Å²) in [7, 11) is 1.82. The molecule has 4 aromatic rings. The Morgan fingerprint density at radius 1 is 0.879 bits per heavy atom. The summed E-state index contributed by atoms with van der Waals surface area (Å²) in [6.07, 6.45) is 5.64. The summed E-state index contributed by atoms with van der Waals surface area (Å²) in [5.74, 6) is 1.31. The van der Waals surface area contributed by atoms with E-state index in [0.717, 1.165) is 42.8 Å². The van der Waals surface area contributed by atoms with Crippen LogP contribution in [-0.2, 0) is 0 Å². The molecule has 1 aromatic carbocycles. The number of pyridine rings is 2. The van der Waals surface area contributed by atoms with Gasteiger partial charge in [-0.3, -0.25) is 14.8 Å². The fourth-order valence-electron chi connectivity index (χ4n) is 4.04. The Bertz CT molecular complexity index is 1270. The van der Waals surface area contributed by atoms with Crippen LogP contribution in [0.3, 0.4) is 0 Å². The monoisotopic (exact) mass is 436 g/mol. The van der Waals surface area contributed by atoms with Crippen molar-refractivity contribution in [1.82, 2.24) is 24.8 Å². The Balaban J connectivity index is 1.53. The minimum atomic E-state index is 0.0972. The van der Waals surface area contributed by atoms with Crippen LogP contribution in [0.4, 0.5) is 5.82 Å². The van der Waals surface area contributed by atoms with E-state index in [0.29, 0.717) is 28.6 Å². The highest BCUT2D eigenvalue weighted by atomic mass is 16.2. The largest absolute Gasteiger partial charge is 0.373 e. The summed E-state index contributed by atoms with van der Waals surface area (Å²) < 4.78 is 0. The minimum Gasteiger partial charge on any atom is -0.373 e. The van der Waals surface area contributed by atoms with Crippen LogP contribution < -0.4 is 5.32 Å². The molecule has 4 heterocycles. The number of likely N-dealkylation sites (tertiary alicyclic amines) is 1. The van der Waals surface area contributed by atoms with Crippen LogP contribution in [0.15, 0.2) is 73.1 Å². The van der Waals surface area contributed by atoms with E-state index < -0.39 is 0 Å². The molecule has 0 aliphatic carbocycles. The Labute approximate surface area is 192 Å². The highest BCUT2D eigenvalue weighted by Crippen LogP contribution is 2.31. The van der Waals surface area contributed by atoms with E-state index in [-0.39, 0.29) is 5.91 Å². The number of aromatic nitrogens is 4. The Hall–Kier alpha value is -4.13. The maximum atomic E-state index is 12.7. The van der Waals surface area contributed by atoms with Crippen molar-refractivity contribution < 1.29 is 4.79 Å². The summed E-state index contributed by atoms with van der Waals surface area (Å²) in [6, 6.07) is 19.2. The van der Waals surface area contributed by atoms with Gasteiger partial charge in [-0.15, -0.1) is 0 Å². The van der Waals surface area contributed by atoms with Crippen LogP contribution in [-0.4, -0.2) is 50.9 Å². The number of nitrogens with zero attached hydrogens (tertiary/aromatic N) is 5. The summed E-state index contributed by atoms with van der Waals surface area (Å²) >= 11 is 0. The molecular weight excluding hydrogens is 412 g/mol. The Kier molecular flexibility index (Phi) is 5.76. The standard InChI is InChI=1S/C26H24N6O/c1-27-23-17-22(30-25(31-23)21-8-2-3-13-28-21)24-20(7-6-14-29-24)18-9-11-19(12-10-18)26(33)32-15-4-5-16-32/h2-3,6-14,17H,4-5,15-16H2,1H3,(H,27,30,31). The zero-order chi connectivity index (χ0) is 22.6. The van der Waals surface area contributed by atoms with Crippen molar-refractivity contribution in [2.24, 2.45) is 0 Å². The second kappa shape index (κ2) is 9.16. The normalized spacial score (nSPS) is 13.2. The third-order valence-electron chi connectivity index (χ3n) is 5.76. The molecule has 0 atom stereocenters. The summed E-state index contributed by atoms with van der Waals surface area (Å²) in [5.41, 5.74) is 4.75. The van der Waals surface area contributed by atoms with Crippen LogP contribution in [0, 0.1) is 0 Å². The van der Waals surface area contributed by atoms with Crippen molar-refractivity contribution in [3.05, 3.63) is 78.6 Å². The lowest BCUT2D eigenvalue weighted by Gasteiger charge is -2.15. The number of hydrogen-bond acceptors (Lipinski definition) is 6. The predicted octanol–water partition coefficient (Wildman–Crippen LogP) is 4.55. The summed E-state index contributed by atoms with van der Waals surface area (Å²) in [5, 5.41) is 3.10. The van der Waals surface area contributed by atoms with Gasteiger partial charge in [0.05, 0.1) is 11.4 Å². The second-order valence-corrected chi connectivity index (χ2v) is 7.90. The molecule has 1 aliphatic rings. The second-order valence-electron chi connectivity index (χ2n) is 7.90. The number of carbonyl (C=O) groups excluding carboxylic acids is 1. The van der Waals surface area contributed by atoms with E-state index in [9.17, 15) is 4.79 Å². The van der Waals surface area contributed by atoms with Gasteiger partial charge in [0.15, 0.2) is 5.82 Å². The number of hydrogen-bond donors (Lipinski definition) is 1. The number of nitrogens with one attached hydrogen (secondary N) is 1. The molecule has 3 aromatic heterocycles. The summed E-state index contributed by atoms with van der Waals surface area (Å²) in [4.78, 5) is 33.0. The first kappa shape index (κ1) is 20.8. The first-order chi connectivity index (χ1) is 16.2. The maximum absolute atomic E-state index is 12.7. The average molecular weight is 437 g/mol. The van der Waals surface area contributed by atoms with Gasteiger partial charge in [-0.1, -0.05) is 24.3 Å². The van der Waals surface area contributed by atoms with Crippen LogP contribution >= 0.6 is 0 Å². The van der Waals surface area contributed by atoms with Crippen LogP contribution in [0.25, 0.3) is 34.0 Å². The number of carbonyl (C=O) groups is 1. The van der Waals surface area contributed by atoms with Crippen LogP contribution in [0.5, 0.6) is 0 Å². The van der Waals surface area contributed by atoms with E-state index >= 15 is 0 Å². The lowest BCUT2D eigenvalue weighted by atomic mass is 10.0. The molecule has 7 nitrogen and oxygen atoms in total. The molecule has 0 saturated carbocycles. The molecule has 0 bridgehead atoms. The lowest BCUT2D eigenvalue weighted by Crippen LogP contribution is -2.27. The molecule has 1 amide bonds. The fourth-order valence-corrected chi connectivity index (χ4v) is 4.04. The highest BCUT2D eigenvalue weighted by Gasteiger charge is 2.20. The molecule has 5 rings (SSSR count). The van der Waals surface area contributed by atoms with E-state index in [4.69, 9.17) is 4.98 Å². The lowest BCUT2D eigenvalue weighted by molar-refractivity contribution is 0.0793. The van der Waals surface area contributed by atoms with Gasteiger partial charge in [-0.05, 0) is 48.7 Å². The SMILES string of the molecule is CNc1cc(-c2ncccc2-c2ccc(C(=O)N3CCCC3)cc2)nc(-c2ccccn2)n1. The third-order valence-corrected chi connectivity index (χ3v) is 5.76. The van der Waals surface area contributed by atoms with Crippen molar-refractivity contribution in [3.63, 3.8) is 0 Å². The molecule has 33 heavy (non-hydrogen) atoms. The van der Waals surface area contributed by atoms with Gasteiger partial charge in [-0.2, -0.15) is 0 Å². The first-order valence-electron chi connectivity index (χ1n) is 11.1. The number of rotatable bonds is 5. The van der Waals surface area contributed by atoms with Gasteiger partial charge in [0.2, 0.25) is 0 Å². The molecule has 7 heteroatoms. The van der Waals surface area contributed by atoms with E-state index in [1.54, 1.807) is 12.4 Å². The van der Waals surface area contributed by atoms with Gasteiger partial charge < -0.3 is 10.2 Å². The van der Waals surface area contributed by atoms with Gasteiger partial charge in [0.1, 0.15) is 11.5 Å². The Morgan fingerprint density at radius 2 is 1.67 bits per heavy atom. The van der Waals surface area contributed by atoms with Gasteiger partial charge >= 0.3 is 0 Å². The molecule has 164 valence electrons. The number of anilines is 1. The van der Waals surface area contributed by atoms with Crippen LogP contribution in [0.2, 0.25) is 0 Å². The zero-order valence-electron chi connectivity index (χ0n) is 18.4. The molecule has 1 fully saturated rings. The summed E-state index contributed by atoms with van der Waals surface area (Å²) in [6.45, 7) is 1.68. The molecule has 0 radical (unpaired) electrons. The molecule has 0 spiro atoms. The minimum absolute atomic E-state index is 0.0972. The predicted molar refractivity (Wildman–Crippen MR) is 129 cm³/mol. The number of benzene rings is 1. The van der Waals surface area contributed by atoms with E-state index in [1.165, 1.54) is 0 Å². The van der Waals surface area contributed by atoms with Crippen molar-refractivity contribution in [1.29, 1.82) is 0 Å². The fraction of sp³-hybridized carbons (Fsp3) is 0.192. The topological polar surface area (TPSA) is 83.9 Å². The van der Waals surface area contributed by atoms with E-state index in [2.05, 4.69) is 20.3 Å².